The fourth-order valence-electron chi connectivity index (χ4n) is 2.23. The van der Waals surface area contributed by atoms with Crippen LogP contribution in [0.4, 0.5) is 4.39 Å². The van der Waals surface area contributed by atoms with Crippen LogP contribution in [-0.2, 0) is 12.8 Å². The highest BCUT2D eigenvalue weighted by Crippen LogP contribution is 2.18. The minimum absolute atomic E-state index is 0.290. The van der Waals surface area contributed by atoms with Crippen LogP contribution in [0, 0.1) is 5.82 Å². The van der Waals surface area contributed by atoms with E-state index in [1.165, 1.54) is 12.1 Å². The van der Waals surface area contributed by atoms with Crippen LogP contribution in [0.1, 0.15) is 17.5 Å². The fourth-order valence-corrected chi connectivity index (χ4v) is 2.74. The predicted molar refractivity (Wildman–Crippen MR) is 85.1 cm³/mol. The molecule has 0 amide bonds. The molecular formula is C17H18BrFO2. The molecule has 2 aromatic rings. The standard InChI is InChI=1S/C17H18BrFO2/c1-21-17-6-3-12(4-7-17)2-5-16(20)10-13-8-14(18)11-15(19)9-13/h3-4,6-9,11,16,20H,2,5,10H2,1H3. The van der Waals surface area contributed by atoms with Gasteiger partial charge in [-0.25, -0.2) is 4.39 Å². The third-order valence-electron chi connectivity index (χ3n) is 3.32. The SMILES string of the molecule is COc1ccc(CCC(O)Cc2cc(F)cc(Br)c2)cc1. The van der Waals surface area contributed by atoms with Gasteiger partial charge >= 0.3 is 0 Å². The second-order valence-electron chi connectivity index (χ2n) is 5.02. The normalized spacial score (nSPS) is 12.2. The maximum atomic E-state index is 13.3. The van der Waals surface area contributed by atoms with Crippen LogP contribution in [0.15, 0.2) is 46.9 Å². The van der Waals surface area contributed by atoms with E-state index in [9.17, 15) is 9.50 Å². The average Bonchev–Trinajstić information content (AvgIpc) is 2.44. The van der Waals surface area contributed by atoms with Crippen molar-refractivity contribution in [2.45, 2.75) is 25.4 Å². The summed E-state index contributed by atoms with van der Waals surface area (Å²) in [6.07, 6.45) is 1.38. The quantitative estimate of drug-likeness (QED) is 0.846. The number of rotatable bonds is 6. The molecule has 0 radical (unpaired) electrons. The minimum Gasteiger partial charge on any atom is -0.497 e. The van der Waals surface area contributed by atoms with E-state index in [1.807, 2.05) is 30.3 Å². The van der Waals surface area contributed by atoms with Crippen molar-refractivity contribution in [3.63, 3.8) is 0 Å². The van der Waals surface area contributed by atoms with E-state index in [-0.39, 0.29) is 5.82 Å². The first kappa shape index (κ1) is 16.0. The van der Waals surface area contributed by atoms with Gasteiger partial charge in [0, 0.05) is 4.47 Å². The summed E-state index contributed by atoms with van der Waals surface area (Å²) in [5.74, 6) is 0.533. The Morgan fingerprint density at radius 1 is 1.14 bits per heavy atom. The lowest BCUT2D eigenvalue weighted by molar-refractivity contribution is 0.165. The van der Waals surface area contributed by atoms with Gasteiger partial charge in [0.1, 0.15) is 11.6 Å². The molecule has 0 saturated heterocycles. The van der Waals surface area contributed by atoms with Gasteiger partial charge in [0.2, 0.25) is 0 Å². The Morgan fingerprint density at radius 2 is 1.86 bits per heavy atom. The first-order valence-electron chi connectivity index (χ1n) is 6.83. The van der Waals surface area contributed by atoms with Crippen molar-refractivity contribution >= 4 is 15.9 Å². The van der Waals surface area contributed by atoms with E-state index in [0.29, 0.717) is 17.3 Å². The zero-order valence-corrected chi connectivity index (χ0v) is 13.4. The van der Waals surface area contributed by atoms with Crippen LogP contribution >= 0.6 is 15.9 Å². The summed E-state index contributed by atoms with van der Waals surface area (Å²) in [6, 6.07) is 12.5. The largest absolute Gasteiger partial charge is 0.497 e. The van der Waals surface area contributed by atoms with Crippen LogP contribution in [0.25, 0.3) is 0 Å². The summed E-state index contributed by atoms with van der Waals surface area (Å²) in [6.45, 7) is 0. The highest BCUT2D eigenvalue weighted by Gasteiger charge is 2.08. The molecular weight excluding hydrogens is 335 g/mol. The van der Waals surface area contributed by atoms with Crippen molar-refractivity contribution in [3.05, 3.63) is 63.9 Å². The van der Waals surface area contributed by atoms with Crippen molar-refractivity contribution < 1.29 is 14.2 Å². The molecule has 2 rings (SSSR count). The molecule has 0 aliphatic heterocycles. The monoisotopic (exact) mass is 352 g/mol. The van der Waals surface area contributed by atoms with Crippen LogP contribution in [-0.4, -0.2) is 18.3 Å². The van der Waals surface area contributed by atoms with Crippen LogP contribution in [0.2, 0.25) is 0 Å². The Kier molecular flexibility index (Phi) is 5.76. The summed E-state index contributed by atoms with van der Waals surface area (Å²) in [7, 11) is 1.63. The number of benzene rings is 2. The van der Waals surface area contributed by atoms with Crippen LogP contribution < -0.4 is 4.74 Å². The predicted octanol–water partition coefficient (Wildman–Crippen LogP) is 4.13. The van der Waals surface area contributed by atoms with E-state index in [1.54, 1.807) is 7.11 Å². The molecule has 0 saturated carbocycles. The number of hydrogen-bond donors (Lipinski definition) is 1. The molecule has 0 aliphatic rings. The average molecular weight is 353 g/mol. The minimum atomic E-state index is -0.485. The molecule has 1 N–H and O–H groups in total. The lowest BCUT2D eigenvalue weighted by Gasteiger charge is -2.11. The fraction of sp³-hybridized carbons (Fsp3) is 0.294. The Morgan fingerprint density at radius 3 is 2.48 bits per heavy atom. The van der Waals surface area contributed by atoms with Gasteiger partial charge in [-0.3, -0.25) is 0 Å². The maximum Gasteiger partial charge on any atom is 0.124 e. The van der Waals surface area contributed by atoms with Crippen molar-refractivity contribution in [2.24, 2.45) is 0 Å². The van der Waals surface area contributed by atoms with E-state index >= 15 is 0 Å². The lowest BCUT2D eigenvalue weighted by atomic mass is 10.0. The summed E-state index contributed by atoms with van der Waals surface area (Å²) in [5.41, 5.74) is 1.94. The molecule has 1 atom stereocenters. The molecule has 1 unspecified atom stereocenters. The van der Waals surface area contributed by atoms with E-state index in [4.69, 9.17) is 4.74 Å². The molecule has 0 bridgehead atoms. The van der Waals surface area contributed by atoms with Crippen molar-refractivity contribution in [1.29, 1.82) is 0 Å². The Balaban J connectivity index is 1.87. The van der Waals surface area contributed by atoms with Gasteiger partial charge in [-0.05, 0) is 60.7 Å². The van der Waals surface area contributed by atoms with Gasteiger partial charge in [-0.1, -0.05) is 28.1 Å². The number of aryl methyl sites for hydroxylation is 1. The second-order valence-corrected chi connectivity index (χ2v) is 5.94. The lowest BCUT2D eigenvalue weighted by Crippen LogP contribution is -2.11. The van der Waals surface area contributed by atoms with Gasteiger partial charge in [-0.2, -0.15) is 0 Å². The van der Waals surface area contributed by atoms with Crippen molar-refractivity contribution in [1.82, 2.24) is 0 Å². The number of ether oxygens (including phenoxy) is 1. The molecule has 2 nitrogen and oxygen atoms in total. The molecule has 4 heteroatoms. The Hall–Kier alpha value is -1.39. The maximum absolute atomic E-state index is 13.3. The van der Waals surface area contributed by atoms with E-state index < -0.39 is 6.10 Å². The third kappa shape index (κ3) is 5.14. The van der Waals surface area contributed by atoms with Gasteiger partial charge < -0.3 is 9.84 Å². The van der Waals surface area contributed by atoms with Gasteiger partial charge in [-0.15, -0.1) is 0 Å². The first-order chi connectivity index (χ1) is 10.1. The summed E-state index contributed by atoms with van der Waals surface area (Å²) < 4.78 is 19.1. The van der Waals surface area contributed by atoms with Gasteiger partial charge in [0.25, 0.3) is 0 Å². The molecule has 112 valence electrons. The van der Waals surface area contributed by atoms with Gasteiger partial charge in [0.05, 0.1) is 13.2 Å². The van der Waals surface area contributed by atoms with Crippen LogP contribution in [0.5, 0.6) is 5.75 Å². The summed E-state index contributed by atoms with van der Waals surface area (Å²) in [4.78, 5) is 0. The Labute approximate surface area is 132 Å². The smallest absolute Gasteiger partial charge is 0.124 e. The molecule has 0 aromatic heterocycles. The van der Waals surface area contributed by atoms with E-state index in [0.717, 1.165) is 23.3 Å². The first-order valence-corrected chi connectivity index (χ1v) is 7.62. The summed E-state index contributed by atoms with van der Waals surface area (Å²) >= 11 is 3.26. The molecule has 0 aliphatic carbocycles. The van der Waals surface area contributed by atoms with Gasteiger partial charge in [0.15, 0.2) is 0 Å². The zero-order valence-electron chi connectivity index (χ0n) is 11.9. The topological polar surface area (TPSA) is 29.5 Å². The number of methoxy groups -OCH3 is 1. The number of halogens is 2. The summed E-state index contributed by atoms with van der Waals surface area (Å²) in [5, 5.41) is 10.1. The number of aliphatic hydroxyl groups is 1. The molecule has 21 heavy (non-hydrogen) atoms. The van der Waals surface area contributed by atoms with Crippen LogP contribution in [0.3, 0.4) is 0 Å². The second kappa shape index (κ2) is 7.57. The van der Waals surface area contributed by atoms with Crippen molar-refractivity contribution in [3.8, 4) is 5.75 Å². The van der Waals surface area contributed by atoms with Crippen molar-refractivity contribution in [2.75, 3.05) is 7.11 Å². The number of hydrogen-bond acceptors (Lipinski definition) is 2. The zero-order chi connectivity index (χ0) is 15.2. The van der Waals surface area contributed by atoms with E-state index in [2.05, 4.69) is 15.9 Å². The third-order valence-corrected chi connectivity index (χ3v) is 3.78. The number of aliphatic hydroxyl groups excluding tert-OH is 1. The molecule has 2 aromatic carbocycles. The molecule has 0 heterocycles. The molecule has 0 fully saturated rings. The highest BCUT2D eigenvalue weighted by atomic mass is 79.9. The molecule has 0 spiro atoms. The Bertz CT molecular complexity index is 564. The highest BCUT2D eigenvalue weighted by molar-refractivity contribution is 9.10.